The van der Waals surface area contributed by atoms with Crippen molar-refractivity contribution in [3.8, 4) is 0 Å². The molecule has 0 aliphatic heterocycles. The van der Waals surface area contributed by atoms with E-state index in [9.17, 15) is 0 Å². The van der Waals surface area contributed by atoms with Gasteiger partial charge in [0.25, 0.3) is 0 Å². The summed E-state index contributed by atoms with van der Waals surface area (Å²) in [5.74, 6) is 0. The minimum Gasteiger partial charge on any atom is -0.301 e. The van der Waals surface area contributed by atoms with Gasteiger partial charge in [-0.25, -0.2) is 0 Å². The third-order valence-corrected chi connectivity index (χ3v) is 3.73. The number of aryl methyl sites for hydroxylation is 1. The van der Waals surface area contributed by atoms with Gasteiger partial charge in [0.15, 0.2) is 0 Å². The van der Waals surface area contributed by atoms with Gasteiger partial charge in [-0.15, -0.1) is 0 Å². The molecule has 0 N–H and O–H groups in total. The molecule has 2 rings (SSSR count). The summed E-state index contributed by atoms with van der Waals surface area (Å²) in [4.78, 5) is 4.76. The molecule has 2 aromatic carbocycles. The molecule has 0 amide bonds. The molecule has 0 radical (unpaired) electrons. The molecule has 0 bridgehead atoms. The SMILES string of the molecule is C.Cc1ccc(CN(C)CCN(C)Cc2ccccc2)cc1. The summed E-state index contributed by atoms with van der Waals surface area (Å²) >= 11 is 0. The van der Waals surface area contributed by atoms with E-state index < -0.39 is 0 Å². The summed E-state index contributed by atoms with van der Waals surface area (Å²) in [5.41, 5.74) is 4.08. The number of likely N-dealkylation sites (N-methyl/N-ethyl adjacent to an activating group) is 2. The first-order valence-electron chi connectivity index (χ1n) is 7.60. The van der Waals surface area contributed by atoms with Crippen molar-refractivity contribution in [2.45, 2.75) is 27.4 Å². The molecular weight excluding hydrogens is 268 g/mol. The number of rotatable bonds is 7. The molecule has 0 atom stereocenters. The number of hydrogen-bond acceptors (Lipinski definition) is 2. The number of nitrogens with zero attached hydrogens (tertiary/aromatic N) is 2. The Bertz CT molecular complexity index is 519. The molecule has 0 aliphatic carbocycles. The maximum Gasteiger partial charge on any atom is 0.0231 e. The summed E-state index contributed by atoms with van der Waals surface area (Å²) in [6, 6.07) is 19.5. The van der Waals surface area contributed by atoms with E-state index in [2.05, 4.69) is 85.4 Å². The summed E-state index contributed by atoms with van der Waals surface area (Å²) in [6.45, 7) is 6.32. The van der Waals surface area contributed by atoms with Crippen molar-refractivity contribution in [1.82, 2.24) is 9.80 Å². The Morgan fingerprint density at radius 2 is 1.14 bits per heavy atom. The van der Waals surface area contributed by atoms with Crippen LogP contribution in [-0.4, -0.2) is 37.0 Å². The van der Waals surface area contributed by atoms with Crippen LogP contribution in [0.2, 0.25) is 0 Å². The topological polar surface area (TPSA) is 6.48 Å². The van der Waals surface area contributed by atoms with Gasteiger partial charge in [-0.2, -0.15) is 0 Å². The highest BCUT2D eigenvalue weighted by molar-refractivity contribution is 5.21. The van der Waals surface area contributed by atoms with E-state index in [1.807, 2.05) is 0 Å². The molecule has 2 nitrogen and oxygen atoms in total. The van der Waals surface area contributed by atoms with Gasteiger partial charge in [-0.1, -0.05) is 67.6 Å². The van der Waals surface area contributed by atoms with Gasteiger partial charge in [0.2, 0.25) is 0 Å². The normalized spacial score (nSPS) is 10.8. The second kappa shape index (κ2) is 9.39. The van der Waals surface area contributed by atoms with Crippen molar-refractivity contribution in [3.05, 3.63) is 71.3 Å². The lowest BCUT2D eigenvalue weighted by Crippen LogP contribution is -2.30. The van der Waals surface area contributed by atoms with Crippen molar-refractivity contribution in [2.75, 3.05) is 27.2 Å². The third kappa shape index (κ3) is 6.42. The van der Waals surface area contributed by atoms with Gasteiger partial charge in [-0.3, -0.25) is 0 Å². The Morgan fingerprint density at radius 3 is 1.64 bits per heavy atom. The Kier molecular flexibility index (Phi) is 7.86. The van der Waals surface area contributed by atoms with Gasteiger partial charge >= 0.3 is 0 Å². The highest BCUT2D eigenvalue weighted by Gasteiger charge is 2.04. The smallest absolute Gasteiger partial charge is 0.0231 e. The van der Waals surface area contributed by atoms with E-state index in [0.29, 0.717) is 0 Å². The average molecular weight is 298 g/mol. The molecule has 0 heterocycles. The molecule has 2 heteroatoms. The second-order valence-electron chi connectivity index (χ2n) is 5.95. The fraction of sp³-hybridized carbons (Fsp3) is 0.400. The Hall–Kier alpha value is -1.64. The summed E-state index contributed by atoms with van der Waals surface area (Å²) in [5, 5.41) is 0. The standard InChI is InChI=1S/C19H26N2.CH4/c1-17-9-11-19(12-10-17)16-21(3)14-13-20(2)15-18-7-5-4-6-8-18;/h4-12H,13-16H2,1-3H3;1H4. The third-order valence-electron chi connectivity index (χ3n) is 3.73. The highest BCUT2D eigenvalue weighted by Crippen LogP contribution is 2.06. The monoisotopic (exact) mass is 298 g/mol. The van der Waals surface area contributed by atoms with E-state index in [4.69, 9.17) is 0 Å². The zero-order valence-electron chi connectivity index (χ0n) is 13.4. The van der Waals surface area contributed by atoms with Gasteiger partial charge in [0.05, 0.1) is 0 Å². The molecule has 22 heavy (non-hydrogen) atoms. The largest absolute Gasteiger partial charge is 0.301 e. The van der Waals surface area contributed by atoms with E-state index in [-0.39, 0.29) is 7.43 Å². The summed E-state index contributed by atoms with van der Waals surface area (Å²) in [7, 11) is 4.38. The van der Waals surface area contributed by atoms with Crippen LogP contribution in [0.15, 0.2) is 54.6 Å². The summed E-state index contributed by atoms with van der Waals surface area (Å²) < 4.78 is 0. The highest BCUT2D eigenvalue weighted by atomic mass is 15.2. The molecule has 0 aliphatic rings. The molecule has 0 saturated carbocycles. The molecule has 0 spiro atoms. The van der Waals surface area contributed by atoms with Crippen LogP contribution in [0, 0.1) is 6.92 Å². The fourth-order valence-corrected chi connectivity index (χ4v) is 2.40. The zero-order valence-corrected chi connectivity index (χ0v) is 13.4. The lowest BCUT2D eigenvalue weighted by atomic mass is 10.1. The lowest BCUT2D eigenvalue weighted by Gasteiger charge is -2.22. The molecule has 120 valence electrons. The maximum absolute atomic E-state index is 2.38. The van der Waals surface area contributed by atoms with Gasteiger partial charge in [0.1, 0.15) is 0 Å². The molecule has 0 saturated heterocycles. The Morgan fingerprint density at radius 1 is 0.682 bits per heavy atom. The first-order valence-corrected chi connectivity index (χ1v) is 7.60. The van der Waals surface area contributed by atoms with Gasteiger partial charge in [0, 0.05) is 26.2 Å². The van der Waals surface area contributed by atoms with Crippen molar-refractivity contribution >= 4 is 0 Å². The molecule has 0 unspecified atom stereocenters. The van der Waals surface area contributed by atoms with E-state index in [1.165, 1.54) is 16.7 Å². The fourth-order valence-electron chi connectivity index (χ4n) is 2.40. The van der Waals surface area contributed by atoms with Crippen LogP contribution in [0.4, 0.5) is 0 Å². The van der Waals surface area contributed by atoms with Crippen molar-refractivity contribution < 1.29 is 0 Å². The molecule has 0 aromatic heterocycles. The van der Waals surface area contributed by atoms with Crippen LogP contribution in [0.1, 0.15) is 24.1 Å². The van der Waals surface area contributed by atoms with E-state index in [1.54, 1.807) is 0 Å². The number of benzene rings is 2. The second-order valence-corrected chi connectivity index (χ2v) is 5.95. The van der Waals surface area contributed by atoms with E-state index >= 15 is 0 Å². The van der Waals surface area contributed by atoms with Crippen LogP contribution in [0.3, 0.4) is 0 Å². The van der Waals surface area contributed by atoms with Crippen molar-refractivity contribution in [2.24, 2.45) is 0 Å². The lowest BCUT2D eigenvalue weighted by molar-refractivity contribution is 0.247. The first-order chi connectivity index (χ1) is 10.1. The number of hydrogen-bond donors (Lipinski definition) is 0. The van der Waals surface area contributed by atoms with Crippen LogP contribution in [-0.2, 0) is 13.1 Å². The quantitative estimate of drug-likeness (QED) is 0.756. The molecule has 2 aromatic rings. The van der Waals surface area contributed by atoms with Crippen molar-refractivity contribution in [3.63, 3.8) is 0 Å². The Labute approximate surface area is 136 Å². The Balaban J connectivity index is 0.00000242. The minimum absolute atomic E-state index is 0. The zero-order chi connectivity index (χ0) is 15.1. The van der Waals surface area contributed by atoms with Gasteiger partial charge in [-0.05, 0) is 32.1 Å². The van der Waals surface area contributed by atoms with E-state index in [0.717, 1.165) is 26.2 Å². The molecule has 0 fully saturated rings. The predicted molar refractivity (Wildman–Crippen MR) is 97.0 cm³/mol. The van der Waals surface area contributed by atoms with Crippen LogP contribution in [0.25, 0.3) is 0 Å². The van der Waals surface area contributed by atoms with Crippen LogP contribution >= 0.6 is 0 Å². The van der Waals surface area contributed by atoms with Crippen molar-refractivity contribution in [1.29, 1.82) is 0 Å². The van der Waals surface area contributed by atoms with Gasteiger partial charge < -0.3 is 9.80 Å². The maximum atomic E-state index is 2.38. The van der Waals surface area contributed by atoms with Crippen LogP contribution < -0.4 is 0 Å². The molecular formula is C20H30N2. The predicted octanol–water partition coefficient (Wildman–Crippen LogP) is 4.19. The van der Waals surface area contributed by atoms with Crippen LogP contribution in [0.5, 0.6) is 0 Å². The summed E-state index contributed by atoms with van der Waals surface area (Å²) in [6.07, 6.45) is 0. The first kappa shape index (κ1) is 18.4. The average Bonchev–Trinajstić information content (AvgIpc) is 2.49. The minimum atomic E-state index is 0.